The second-order valence-electron chi connectivity index (χ2n) is 8.08. The van der Waals surface area contributed by atoms with Crippen molar-refractivity contribution in [3.63, 3.8) is 0 Å². The molecule has 156 valence electrons. The zero-order valence-corrected chi connectivity index (χ0v) is 17.8. The minimum absolute atomic E-state index is 0.0953. The predicted molar refractivity (Wildman–Crippen MR) is 117 cm³/mol. The maximum absolute atomic E-state index is 13.4. The highest BCUT2D eigenvalue weighted by atomic mass is 32.1. The van der Waals surface area contributed by atoms with Gasteiger partial charge in [0.25, 0.3) is 0 Å². The number of hydrogen-bond donors (Lipinski definition) is 2. The van der Waals surface area contributed by atoms with E-state index >= 15 is 0 Å². The van der Waals surface area contributed by atoms with E-state index < -0.39 is 0 Å². The Morgan fingerprint density at radius 2 is 1.97 bits per heavy atom. The van der Waals surface area contributed by atoms with Crippen molar-refractivity contribution < 1.29 is 9.18 Å². The Morgan fingerprint density at radius 1 is 1.23 bits per heavy atom. The highest BCUT2D eigenvalue weighted by molar-refractivity contribution is 7.71. The van der Waals surface area contributed by atoms with Gasteiger partial charge in [0, 0.05) is 17.5 Å². The minimum atomic E-state index is -0.242. The van der Waals surface area contributed by atoms with Gasteiger partial charge in [0.05, 0.1) is 0 Å². The van der Waals surface area contributed by atoms with Gasteiger partial charge in [-0.15, -0.1) is 0 Å². The molecule has 1 amide bonds. The van der Waals surface area contributed by atoms with Crippen LogP contribution in [0.5, 0.6) is 0 Å². The summed E-state index contributed by atoms with van der Waals surface area (Å²) in [5.74, 6) is 0.289. The van der Waals surface area contributed by atoms with E-state index in [1.165, 1.54) is 12.1 Å². The van der Waals surface area contributed by atoms with Crippen LogP contribution in [-0.2, 0) is 16.8 Å². The number of nitrogens with one attached hydrogen (secondary N) is 2. The molecule has 1 heterocycles. The number of benzene rings is 2. The normalized spacial score (nSPS) is 15.3. The molecule has 3 aromatic rings. The molecule has 0 unspecified atom stereocenters. The summed E-state index contributed by atoms with van der Waals surface area (Å²) >= 11 is 5.36. The number of carbonyl (C=O) groups is 1. The molecule has 1 fully saturated rings. The fourth-order valence-electron chi connectivity index (χ4n) is 4.36. The Hall–Kier alpha value is -2.80. The van der Waals surface area contributed by atoms with E-state index in [-0.39, 0.29) is 23.7 Å². The van der Waals surface area contributed by atoms with Crippen LogP contribution in [0.2, 0.25) is 0 Å². The lowest BCUT2D eigenvalue weighted by molar-refractivity contribution is -0.121. The molecule has 1 aromatic heterocycles. The summed E-state index contributed by atoms with van der Waals surface area (Å²) in [5, 5.41) is 10.2. The zero-order chi connectivity index (χ0) is 21.1. The van der Waals surface area contributed by atoms with Crippen molar-refractivity contribution in [3.8, 4) is 11.4 Å². The van der Waals surface area contributed by atoms with Crippen LogP contribution in [0.1, 0.15) is 36.8 Å². The molecule has 7 heteroatoms. The number of aromatic amines is 1. The Balaban J connectivity index is 1.50. The monoisotopic (exact) mass is 424 g/mol. The SMILES string of the molecule is Cc1cccc(-c2n[nH]c(=S)n2CC(=O)NCC2(c3ccc(F)cc3)CCCC2)c1. The molecule has 30 heavy (non-hydrogen) atoms. The number of aryl methyl sites for hydroxylation is 1. The summed E-state index contributed by atoms with van der Waals surface area (Å²) in [6.07, 6.45) is 4.19. The smallest absolute Gasteiger partial charge is 0.240 e. The number of nitrogens with zero attached hydrogens (tertiary/aromatic N) is 2. The summed E-state index contributed by atoms with van der Waals surface area (Å²) in [7, 11) is 0. The summed E-state index contributed by atoms with van der Waals surface area (Å²) in [6.45, 7) is 2.64. The lowest BCUT2D eigenvalue weighted by atomic mass is 9.79. The van der Waals surface area contributed by atoms with Crippen molar-refractivity contribution >= 4 is 18.1 Å². The number of halogens is 1. The van der Waals surface area contributed by atoms with Crippen molar-refractivity contribution in [2.24, 2.45) is 0 Å². The Kier molecular flexibility index (Phi) is 5.81. The van der Waals surface area contributed by atoms with Crippen LogP contribution in [0.3, 0.4) is 0 Å². The topological polar surface area (TPSA) is 62.7 Å². The quantitative estimate of drug-likeness (QED) is 0.565. The molecular formula is C23H25FN4OS. The largest absolute Gasteiger partial charge is 0.354 e. The van der Waals surface area contributed by atoms with E-state index in [1.54, 1.807) is 4.57 Å². The number of aromatic nitrogens is 3. The van der Waals surface area contributed by atoms with Gasteiger partial charge >= 0.3 is 0 Å². The average Bonchev–Trinajstić information content (AvgIpc) is 3.35. The number of carbonyl (C=O) groups excluding carboxylic acids is 1. The summed E-state index contributed by atoms with van der Waals surface area (Å²) in [4.78, 5) is 12.8. The zero-order valence-electron chi connectivity index (χ0n) is 17.0. The number of amides is 1. The second-order valence-corrected chi connectivity index (χ2v) is 8.47. The van der Waals surface area contributed by atoms with Crippen molar-refractivity contribution in [1.29, 1.82) is 0 Å². The van der Waals surface area contributed by atoms with Crippen molar-refractivity contribution in [1.82, 2.24) is 20.1 Å². The Labute approximate surface area is 180 Å². The fraction of sp³-hybridized carbons (Fsp3) is 0.348. The fourth-order valence-corrected chi connectivity index (χ4v) is 4.56. The molecule has 0 radical (unpaired) electrons. The van der Waals surface area contributed by atoms with Gasteiger partial charge in [0.1, 0.15) is 12.4 Å². The molecule has 2 N–H and O–H groups in total. The van der Waals surface area contributed by atoms with Crippen LogP contribution in [0, 0.1) is 17.5 Å². The number of rotatable bonds is 6. The molecule has 0 aliphatic heterocycles. The Morgan fingerprint density at radius 3 is 2.67 bits per heavy atom. The lowest BCUT2D eigenvalue weighted by Crippen LogP contribution is -2.40. The van der Waals surface area contributed by atoms with E-state index in [4.69, 9.17) is 12.2 Å². The third kappa shape index (κ3) is 4.21. The minimum Gasteiger partial charge on any atom is -0.354 e. The lowest BCUT2D eigenvalue weighted by Gasteiger charge is -2.30. The summed E-state index contributed by atoms with van der Waals surface area (Å²) in [6, 6.07) is 14.6. The molecule has 0 saturated heterocycles. The highest BCUT2D eigenvalue weighted by Gasteiger charge is 2.36. The summed E-state index contributed by atoms with van der Waals surface area (Å²) < 4.78 is 15.5. The van der Waals surface area contributed by atoms with Gasteiger partial charge in [-0.1, -0.05) is 48.7 Å². The van der Waals surface area contributed by atoms with Crippen LogP contribution in [0.15, 0.2) is 48.5 Å². The van der Waals surface area contributed by atoms with Crippen molar-refractivity contribution in [2.75, 3.05) is 6.54 Å². The molecule has 0 bridgehead atoms. The van der Waals surface area contributed by atoms with Crippen LogP contribution in [-0.4, -0.2) is 27.2 Å². The van der Waals surface area contributed by atoms with Gasteiger partial charge in [-0.25, -0.2) is 4.39 Å². The molecule has 1 aliphatic carbocycles. The molecule has 2 aromatic carbocycles. The van der Waals surface area contributed by atoms with Crippen LogP contribution in [0.25, 0.3) is 11.4 Å². The third-order valence-corrected chi connectivity index (χ3v) is 6.29. The highest BCUT2D eigenvalue weighted by Crippen LogP contribution is 2.40. The van der Waals surface area contributed by atoms with Gasteiger partial charge in [-0.2, -0.15) is 5.10 Å². The number of hydrogen-bond acceptors (Lipinski definition) is 3. The molecular weight excluding hydrogens is 399 g/mol. The first-order chi connectivity index (χ1) is 14.5. The molecule has 1 aliphatic rings. The predicted octanol–water partition coefficient (Wildman–Crippen LogP) is 4.68. The van der Waals surface area contributed by atoms with E-state index in [0.29, 0.717) is 17.1 Å². The van der Waals surface area contributed by atoms with Gasteiger partial charge in [-0.3, -0.25) is 14.5 Å². The molecule has 1 saturated carbocycles. The number of H-pyrrole nitrogens is 1. The third-order valence-electron chi connectivity index (χ3n) is 5.98. The van der Waals surface area contributed by atoms with Crippen LogP contribution < -0.4 is 5.32 Å². The molecule has 4 rings (SSSR count). The maximum atomic E-state index is 13.4. The van der Waals surface area contributed by atoms with Crippen LogP contribution >= 0.6 is 12.2 Å². The molecule has 0 atom stereocenters. The van der Waals surface area contributed by atoms with E-state index in [9.17, 15) is 9.18 Å². The standard InChI is InChI=1S/C23H25FN4OS/c1-16-5-4-6-17(13-16)21-26-27-22(30)28(21)14-20(29)25-15-23(11-2-3-12-23)18-7-9-19(24)10-8-18/h4-10,13H,2-3,11-12,14-15H2,1H3,(H,25,29)(H,27,30). The van der Waals surface area contributed by atoms with E-state index in [1.807, 2.05) is 43.3 Å². The maximum Gasteiger partial charge on any atom is 0.240 e. The second kappa shape index (κ2) is 8.52. The molecule has 5 nitrogen and oxygen atoms in total. The average molecular weight is 425 g/mol. The molecule has 0 spiro atoms. The van der Waals surface area contributed by atoms with Crippen molar-refractivity contribution in [2.45, 2.75) is 44.6 Å². The van der Waals surface area contributed by atoms with E-state index in [0.717, 1.165) is 42.4 Å². The van der Waals surface area contributed by atoms with Gasteiger partial charge in [0.15, 0.2) is 10.6 Å². The van der Waals surface area contributed by atoms with Gasteiger partial charge < -0.3 is 5.32 Å². The van der Waals surface area contributed by atoms with Crippen molar-refractivity contribution in [3.05, 3.63) is 70.2 Å². The first-order valence-corrected chi connectivity index (χ1v) is 10.6. The van der Waals surface area contributed by atoms with Crippen LogP contribution in [0.4, 0.5) is 4.39 Å². The first-order valence-electron chi connectivity index (χ1n) is 10.2. The van der Waals surface area contributed by atoms with Gasteiger partial charge in [-0.05, 0) is 55.7 Å². The first kappa shape index (κ1) is 20.5. The Bertz CT molecular complexity index is 1100. The van der Waals surface area contributed by atoms with Gasteiger partial charge in [0.2, 0.25) is 5.91 Å². The summed E-state index contributed by atoms with van der Waals surface area (Å²) in [5.41, 5.74) is 2.97. The van der Waals surface area contributed by atoms with E-state index in [2.05, 4.69) is 15.5 Å².